The highest BCUT2D eigenvalue weighted by Crippen LogP contribution is 2.09. The number of carbonyl (C=O) groups excluding carboxylic acids is 2. The van der Waals surface area contributed by atoms with Crippen molar-refractivity contribution in [3.8, 4) is 0 Å². The standard InChI is InChI=1S/C7H10O3.C5H8O2.C3H4O2/c1-5(2)7(8)10-4-6-3-9-6;1-4(2)5(6)7-3;1-2-3(4)5/h6H,1,3-4H2,2H3;1H2,2-3H3;2H,1H2,(H,4,5). The summed E-state index contributed by atoms with van der Waals surface area (Å²) in [5, 5.41) is 7.60. The monoisotopic (exact) mass is 314 g/mol. The van der Waals surface area contributed by atoms with Crippen molar-refractivity contribution >= 4 is 17.9 Å². The topological polar surface area (TPSA) is 102 Å². The maximum absolute atomic E-state index is 10.7. The minimum atomic E-state index is -0.981. The van der Waals surface area contributed by atoms with E-state index in [0.29, 0.717) is 24.4 Å². The number of hydrogen-bond acceptors (Lipinski definition) is 6. The molecule has 1 fully saturated rings. The Kier molecular flexibility index (Phi) is 12.3. The van der Waals surface area contributed by atoms with Crippen molar-refractivity contribution in [2.75, 3.05) is 20.3 Å². The van der Waals surface area contributed by atoms with E-state index in [1.54, 1.807) is 13.8 Å². The number of carboxylic acids is 1. The molecular formula is C15H22O7. The predicted molar refractivity (Wildman–Crippen MR) is 80.2 cm³/mol. The van der Waals surface area contributed by atoms with Crippen molar-refractivity contribution in [1.29, 1.82) is 0 Å². The van der Waals surface area contributed by atoms with Gasteiger partial charge in [-0.15, -0.1) is 0 Å². The fourth-order valence-electron chi connectivity index (χ4n) is 0.630. The summed E-state index contributed by atoms with van der Waals surface area (Å²) in [5.41, 5.74) is 0.864. The van der Waals surface area contributed by atoms with Gasteiger partial charge in [0.25, 0.3) is 0 Å². The van der Waals surface area contributed by atoms with Gasteiger partial charge in [0.2, 0.25) is 0 Å². The van der Waals surface area contributed by atoms with Gasteiger partial charge < -0.3 is 19.3 Å². The van der Waals surface area contributed by atoms with E-state index >= 15 is 0 Å². The van der Waals surface area contributed by atoms with Gasteiger partial charge in [-0.3, -0.25) is 0 Å². The van der Waals surface area contributed by atoms with Gasteiger partial charge in [-0.05, 0) is 13.8 Å². The number of ether oxygens (including phenoxy) is 3. The van der Waals surface area contributed by atoms with Gasteiger partial charge in [0.1, 0.15) is 12.7 Å². The molecule has 1 heterocycles. The van der Waals surface area contributed by atoms with Crippen LogP contribution in [-0.2, 0) is 28.6 Å². The number of epoxide rings is 1. The molecule has 1 atom stereocenters. The molecule has 7 heteroatoms. The summed E-state index contributed by atoms with van der Waals surface area (Å²) >= 11 is 0. The van der Waals surface area contributed by atoms with Crippen LogP contribution < -0.4 is 0 Å². The summed E-state index contributed by atoms with van der Waals surface area (Å²) in [7, 11) is 1.33. The van der Waals surface area contributed by atoms with E-state index in [1.165, 1.54) is 7.11 Å². The quantitative estimate of drug-likeness (QED) is 0.466. The van der Waals surface area contributed by atoms with E-state index in [2.05, 4.69) is 24.5 Å². The highest BCUT2D eigenvalue weighted by molar-refractivity contribution is 5.87. The normalized spacial score (nSPS) is 13.9. The van der Waals surface area contributed by atoms with Gasteiger partial charge in [-0.1, -0.05) is 19.7 Å². The Labute approximate surface area is 129 Å². The fourth-order valence-corrected chi connectivity index (χ4v) is 0.630. The molecule has 1 aliphatic heterocycles. The lowest BCUT2D eigenvalue weighted by atomic mass is 10.4. The smallest absolute Gasteiger partial charge is 0.333 e. The Bertz CT molecular complexity index is 433. The Morgan fingerprint density at radius 1 is 1.23 bits per heavy atom. The zero-order valence-corrected chi connectivity index (χ0v) is 13.1. The fraction of sp³-hybridized carbons (Fsp3) is 0.400. The minimum Gasteiger partial charge on any atom is -0.478 e. The average molecular weight is 314 g/mol. The summed E-state index contributed by atoms with van der Waals surface area (Å²) in [6, 6.07) is 0. The largest absolute Gasteiger partial charge is 0.478 e. The van der Waals surface area contributed by atoms with Gasteiger partial charge in [-0.2, -0.15) is 0 Å². The second kappa shape index (κ2) is 12.3. The molecular weight excluding hydrogens is 292 g/mol. The van der Waals surface area contributed by atoms with Crippen LogP contribution in [0.2, 0.25) is 0 Å². The Morgan fingerprint density at radius 2 is 1.64 bits per heavy atom. The van der Waals surface area contributed by atoms with Crippen LogP contribution in [0.15, 0.2) is 37.0 Å². The molecule has 0 aromatic rings. The van der Waals surface area contributed by atoms with Crippen LogP contribution in [0.3, 0.4) is 0 Å². The molecule has 0 bridgehead atoms. The third-order valence-corrected chi connectivity index (χ3v) is 1.86. The van der Waals surface area contributed by atoms with Crippen LogP contribution >= 0.6 is 0 Å². The predicted octanol–water partition coefficient (Wildman–Crippen LogP) is 1.50. The van der Waals surface area contributed by atoms with Crippen molar-refractivity contribution in [2.45, 2.75) is 20.0 Å². The third-order valence-electron chi connectivity index (χ3n) is 1.86. The van der Waals surface area contributed by atoms with Crippen molar-refractivity contribution < 1.29 is 33.7 Å². The Morgan fingerprint density at radius 3 is 1.82 bits per heavy atom. The molecule has 0 aliphatic carbocycles. The van der Waals surface area contributed by atoms with Gasteiger partial charge in [0.15, 0.2) is 0 Å². The zero-order chi connectivity index (χ0) is 17.7. The van der Waals surface area contributed by atoms with Gasteiger partial charge >= 0.3 is 17.9 Å². The van der Waals surface area contributed by atoms with Crippen molar-refractivity contribution in [1.82, 2.24) is 0 Å². The van der Waals surface area contributed by atoms with Crippen LogP contribution in [0.4, 0.5) is 0 Å². The Hall–Kier alpha value is -2.41. The summed E-state index contributed by atoms with van der Waals surface area (Å²) in [6.45, 7) is 14.1. The third kappa shape index (κ3) is 15.6. The SMILES string of the molecule is C=C(C)C(=O)OC.C=C(C)C(=O)OCC1CO1.C=CC(=O)O. The molecule has 0 amide bonds. The number of methoxy groups -OCH3 is 1. The molecule has 0 aromatic heterocycles. The highest BCUT2D eigenvalue weighted by atomic mass is 16.6. The van der Waals surface area contributed by atoms with Crippen LogP contribution in [0.1, 0.15) is 13.8 Å². The van der Waals surface area contributed by atoms with Crippen molar-refractivity contribution in [3.05, 3.63) is 37.0 Å². The van der Waals surface area contributed by atoms with Crippen molar-refractivity contribution in [3.63, 3.8) is 0 Å². The van der Waals surface area contributed by atoms with Crippen LogP contribution in [0.5, 0.6) is 0 Å². The second-order valence-electron chi connectivity index (χ2n) is 4.15. The zero-order valence-electron chi connectivity index (χ0n) is 13.1. The first-order valence-corrected chi connectivity index (χ1v) is 6.19. The van der Waals surface area contributed by atoms with Crippen LogP contribution in [-0.4, -0.2) is 49.4 Å². The maximum atomic E-state index is 10.7. The molecule has 1 rings (SSSR count). The first-order chi connectivity index (χ1) is 10.1. The number of aliphatic carboxylic acids is 1. The molecule has 0 spiro atoms. The lowest BCUT2D eigenvalue weighted by Crippen LogP contribution is -2.09. The van der Waals surface area contributed by atoms with Gasteiger partial charge in [-0.25, -0.2) is 14.4 Å². The molecule has 124 valence electrons. The van der Waals surface area contributed by atoms with E-state index < -0.39 is 5.97 Å². The molecule has 7 nitrogen and oxygen atoms in total. The summed E-state index contributed by atoms with van der Waals surface area (Å²) in [4.78, 5) is 30.1. The number of hydrogen-bond donors (Lipinski definition) is 1. The van der Waals surface area contributed by atoms with E-state index in [4.69, 9.17) is 14.6 Å². The van der Waals surface area contributed by atoms with E-state index in [1.807, 2.05) is 0 Å². The van der Waals surface area contributed by atoms with Crippen molar-refractivity contribution in [2.24, 2.45) is 0 Å². The van der Waals surface area contributed by atoms with Gasteiger partial charge in [0, 0.05) is 17.2 Å². The Balaban J connectivity index is 0. The van der Waals surface area contributed by atoms with Crippen LogP contribution in [0.25, 0.3) is 0 Å². The summed E-state index contributed by atoms with van der Waals surface area (Å²) in [6.07, 6.45) is 0.975. The molecule has 1 N–H and O–H groups in total. The first kappa shape index (κ1) is 21.9. The summed E-state index contributed by atoms with van der Waals surface area (Å²) < 4.78 is 13.9. The molecule has 1 aliphatic rings. The lowest BCUT2D eigenvalue weighted by Gasteiger charge is -1.99. The molecule has 0 saturated carbocycles. The molecule has 1 saturated heterocycles. The second-order valence-corrected chi connectivity index (χ2v) is 4.15. The molecule has 22 heavy (non-hydrogen) atoms. The number of carboxylic acid groups (broad SMARTS) is 1. The van der Waals surface area contributed by atoms with E-state index in [-0.39, 0.29) is 18.0 Å². The lowest BCUT2D eigenvalue weighted by molar-refractivity contribution is -0.139. The number of carbonyl (C=O) groups is 3. The number of esters is 2. The number of rotatable bonds is 5. The molecule has 0 radical (unpaired) electrons. The molecule has 0 aromatic carbocycles. The van der Waals surface area contributed by atoms with E-state index in [9.17, 15) is 14.4 Å². The first-order valence-electron chi connectivity index (χ1n) is 6.19. The average Bonchev–Trinajstić information content (AvgIpc) is 3.28. The highest BCUT2D eigenvalue weighted by Gasteiger charge is 2.24. The van der Waals surface area contributed by atoms with E-state index in [0.717, 1.165) is 6.08 Å². The van der Waals surface area contributed by atoms with Crippen LogP contribution in [0, 0.1) is 0 Å². The van der Waals surface area contributed by atoms with Gasteiger partial charge in [0.05, 0.1) is 13.7 Å². The summed E-state index contributed by atoms with van der Waals surface area (Å²) in [5.74, 6) is -1.67. The maximum Gasteiger partial charge on any atom is 0.333 e. The molecule has 1 unspecified atom stereocenters. The minimum absolute atomic E-state index is 0.142.